The van der Waals surface area contributed by atoms with E-state index in [4.69, 9.17) is 4.74 Å². The van der Waals surface area contributed by atoms with Gasteiger partial charge in [-0.3, -0.25) is 9.28 Å². The Bertz CT molecular complexity index is 372. The number of carbonyl (C=O) groups excluding carboxylic acids is 1. The van der Waals surface area contributed by atoms with Gasteiger partial charge in [0.25, 0.3) is 0 Å². The molecule has 1 rings (SSSR count). The number of aldehydes is 1. The van der Waals surface area contributed by atoms with Crippen LogP contribution in [-0.4, -0.2) is 34.2 Å². The molecule has 1 aromatic carbocycles. The van der Waals surface area contributed by atoms with Gasteiger partial charge in [0, 0.05) is 7.11 Å². The molecule has 0 heterocycles. The summed E-state index contributed by atoms with van der Waals surface area (Å²) < 4.78 is 5.84. The Hall–Kier alpha value is -1.16. The number of hydrogen-bond donors (Lipinski definition) is 0. The van der Waals surface area contributed by atoms with E-state index in [1.807, 2.05) is 24.3 Å². The molecule has 0 unspecified atom stereocenters. The molecule has 0 spiro atoms. The van der Waals surface area contributed by atoms with E-state index < -0.39 is 0 Å². The highest BCUT2D eigenvalue weighted by molar-refractivity contribution is 5.74. The van der Waals surface area contributed by atoms with E-state index in [9.17, 15) is 4.79 Å². The van der Waals surface area contributed by atoms with Gasteiger partial charge in [0.1, 0.15) is 12.0 Å². The molecule has 0 saturated heterocycles. The van der Waals surface area contributed by atoms with E-state index in [0.717, 1.165) is 11.8 Å². The SMILES string of the molecule is COC[N+](C)(C)c1ccc(/C=C/C=O)cc1.[Cl-]. The molecule has 0 aromatic heterocycles. The van der Waals surface area contributed by atoms with Crippen LogP contribution >= 0.6 is 0 Å². The molecule has 17 heavy (non-hydrogen) atoms. The summed E-state index contributed by atoms with van der Waals surface area (Å²) in [6.07, 6.45) is 4.05. The van der Waals surface area contributed by atoms with Crippen molar-refractivity contribution in [2.45, 2.75) is 0 Å². The Morgan fingerprint density at radius 3 is 2.29 bits per heavy atom. The minimum atomic E-state index is 0. The van der Waals surface area contributed by atoms with Gasteiger partial charge in [-0.25, -0.2) is 0 Å². The summed E-state index contributed by atoms with van der Waals surface area (Å²) in [6, 6.07) is 8.07. The molecule has 0 aliphatic rings. The lowest BCUT2D eigenvalue weighted by molar-refractivity contribution is -0.104. The van der Waals surface area contributed by atoms with Crippen LogP contribution in [0.2, 0.25) is 0 Å². The lowest BCUT2D eigenvalue weighted by atomic mass is 10.2. The first-order valence-corrected chi connectivity index (χ1v) is 5.14. The third-order valence-corrected chi connectivity index (χ3v) is 2.41. The maximum Gasteiger partial charge on any atom is 0.187 e. The Morgan fingerprint density at radius 1 is 1.24 bits per heavy atom. The number of nitrogens with zero attached hydrogens (tertiary/aromatic N) is 1. The van der Waals surface area contributed by atoms with Crippen LogP contribution in [0.3, 0.4) is 0 Å². The van der Waals surface area contributed by atoms with Crippen molar-refractivity contribution in [1.82, 2.24) is 4.48 Å². The van der Waals surface area contributed by atoms with Gasteiger partial charge in [0.15, 0.2) is 6.73 Å². The number of halogens is 1. The molecule has 0 amide bonds. The van der Waals surface area contributed by atoms with Gasteiger partial charge in [-0.2, -0.15) is 0 Å². The average Bonchev–Trinajstić information content (AvgIpc) is 2.27. The van der Waals surface area contributed by atoms with Crippen LogP contribution in [0.5, 0.6) is 0 Å². The molecular formula is C13H18ClNO2. The molecule has 0 bridgehead atoms. The van der Waals surface area contributed by atoms with Gasteiger partial charge in [-0.1, -0.05) is 6.08 Å². The average molecular weight is 256 g/mol. The summed E-state index contributed by atoms with van der Waals surface area (Å²) in [5.74, 6) is 0. The molecule has 0 atom stereocenters. The molecule has 0 aliphatic heterocycles. The molecule has 0 N–H and O–H groups in total. The zero-order valence-corrected chi connectivity index (χ0v) is 11.1. The molecule has 0 aliphatic carbocycles. The zero-order chi connectivity index (χ0) is 12.0. The summed E-state index contributed by atoms with van der Waals surface area (Å²) in [4.78, 5) is 10.2. The second kappa shape index (κ2) is 7.22. The molecule has 4 heteroatoms. The molecule has 0 saturated carbocycles. The largest absolute Gasteiger partial charge is 1.00 e. The van der Waals surface area contributed by atoms with E-state index in [1.165, 1.54) is 11.8 Å². The first-order valence-electron chi connectivity index (χ1n) is 5.14. The number of methoxy groups -OCH3 is 1. The normalized spacial score (nSPS) is 11.2. The number of benzene rings is 1. The Labute approximate surface area is 109 Å². The third-order valence-electron chi connectivity index (χ3n) is 2.41. The summed E-state index contributed by atoms with van der Waals surface area (Å²) in [7, 11) is 5.86. The topological polar surface area (TPSA) is 26.3 Å². The molecule has 94 valence electrons. The number of hydrogen-bond acceptors (Lipinski definition) is 2. The lowest BCUT2D eigenvalue weighted by Gasteiger charge is -2.27. The summed E-state index contributed by atoms with van der Waals surface area (Å²) in [5.41, 5.74) is 2.19. The number of quaternary nitrogens is 1. The van der Waals surface area contributed by atoms with E-state index >= 15 is 0 Å². The number of allylic oxidation sites excluding steroid dienone is 1. The van der Waals surface area contributed by atoms with Crippen LogP contribution in [0.15, 0.2) is 30.3 Å². The van der Waals surface area contributed by atoms with Crippen LogP contribution in [0.4, 0.5) is 5.69 Å². The van der Waals surface area contributed by atoms with Crippen LogP contribution in [-0.2, 0) is 9.53 Å². The fourth-order valence-electron chi connectivity index (χ4n) is 1.54. The van der Waals surface area contributed by atoms with Gasteiger partial charge >= 0.3 is 0 Å². The Balaban J connectivity index is 0.00000256. The van der Waals surface area contributed by atoms with Crippen molar-refractivity contribution in [3.63, 3.8) is 0 Å². The van der Waals surface area contributed by atoms with Gasteiger partial charge < -0.3 is 17.1 Å². The van der Waals surface area contributed by atoms with E-state index in [2.05, 4.69) is 14.1 Å². The quantitative estimate of drug-likeness (QED) is 0.294. The molecular weight excluding hydrogens is 238 g/mol. The highest BCUT2D eigenvalue weighted by Crippen LogP contribution is 2.19. The van der Waals surface area contributed by atoms with Crippen molar-refractivity contribution >= 4 is 18.0 Å². The van der Waals surface area contributed by atoms with Gasteiger partial charge in [-0.15, -0.1) is 0 Å². The Kier molecular flexibility index (Phi) is 6.73. The van der Waals surface area contributed by atoms with Crippen LogP contribution in [0.25, 0.3) is 6.08 Å². The second-order valence-corrected chi connectivity index (χ2v) is 4.19. The maximum atomic E-state index is 10.2. The Morgan fingerprint density at radius 2 is 1.82 bits per heavy atom. The van der Waals surface area contributed by atoms with E-state index in [0.29, 0.717) is 11.2 Å². The van der Waals surface area contributed by atoms with Crippen LogP contribution < -0.4 is 16.9 Å². The zero-order valence-electron chi connectivity index (χ0n) is 10.4. The maximum absolute atomic E-state index is 10.2. The smallest absolute Gasteiger partial charge is 0.187 e. The molecule has 1 aromatic rings. The molecule has 0 radical (unpaired) electrons. The summed E-state index contributed by atoms with van der Waals surface area (Å²) in [6.45, 7) is 0.628. The monoisotopic (exact) mass is 255 g/mol. The second-order valence-electron chi connectivity index (χ2n) is 4.19. The third kappa shape index (κ3) is 4.69. The summed E-state index contributed by atoms with van der Waals surface area (Å²) in [5, 5.41) is 0. The van der Waals surface area contributed by atoms with Crippen molar-refractivity contribution in [3.8, 4) is 0 Å². The van der Waals surface area contributed by atoms with Gasteiger partial charge in [0.05, 0.1) is 14.1 Å². The van der Waals surface area contributed by atoms with Gasteiger partial charge in [0.2, 0.25) is 0 Å². The highest BCUT2D eigenvalue weighted by atomic mass is 35.5. The standard InChI is InChI=1S/C13H18NO2.ClH/c1-14(2,11-16-3)13-8-6-12(7-9-13)5-4-10-15;/h4-10H,11H2,1-3H3;1H/q+1;/p-1/b5-4+;. The first-order chi connectivity index (χ1) is 7.60. The molecule has 3 nitrogen and oxygen atoms in total. The summed E-state index contributed by atoms with van der Waals surface area (Å²) >= 11 is 0. The van der Waals surface area contributed by atoms with Gasteiger partial charge in [-0.05, 0) is 35.9 Å². The van der Waals surface area contributed by atoms with Crippen LogP contribution in [0.1, 0.15) is 5.56 Å². The first kappa shape index (κ1) is 15.8. The number of carbonyl (C=O) groups is 1. The van der Waals surface area contributed by atoms with Crippen molar-refractivity contribution in [2.75, 3.05) is 27.9 Å². The van der Waals surface area contributed by atoms with Crippen molar-refractivity contribution in [1.29, 1.82) is 0 Å². The van der Waals surface area contributed by atoms with Crippen molar-refractivity contribution in [3.05, 3.63) is 35.9 Å². The predicted octanol–water partition coefficient (Wildman–Crippen LogP) is -0.926. The van der Waals surface area contributed by atoms with Crippen LogP contribution in [0, 0.1) is 0 Å². The minimum absolute atomic E-state index is 0. The van der Waals surface area contributed by atoms with E-state index in [-0.39, 0.29) is 12.4 Å². The highest BCUT2D eigenvalue weighted by Gasteiger charge is 2.17. The molecule has 0 fully saturated rings. The van der Waals surface area contributed by atoms with E-state index in [1.54, 1.807) is 13.2 Å². The lowest BCUT2D eigenvalue weighted by Crippen LogP contribution is -3.00. The minimum Gasteiger partial charge on any atom is -1.00 e. The van der Waals surface area contributed by atoms with Crippen molar-refractivity contribution < 1.29 is 21.9 Å². The predicted molar refractivity (Wildman–Crippen MR) is 67.1 cm³/mol. The van der Waals surface area contributed by atoms with Crippen molar-refractivity contribution in [2.24, 2.45) is 0 Å². The fourth-order valence-corrected chi connectivity index (χ4v) is 1.54. The number of ether oxygens (including phenoxy) is 1. The number of rotatable bonds is 5. The fraction of sp³-hybridized carbons (Fsp3) is 0.308.